The zero-order valence-corrected chi connectivity index (χ0v) is 22.6. The first-order chi connectivity index (χ1) is 16.7. The van der Waals surface area contributed by atoms with Gasteiger partial charge in [0.2, 0.25) is 20.0 Å². The number of ether oxygens (including phenoxy) is 1. The lowest BCUT2D eigenvalue weighted by Gasteiger charge is -2.38. The highest BCUT2D eigenvalue weighted by atomic mass is 32.2. The molecule has 0 fully saturated rings. The van der Waals surface area contributed by atoms with Gasteiger partial charge in [-0.1, -0.05) is 24.6 Å². The predicted molar refractivity (Wildman–Crippen MR) is 137 cm³/mol. The Kier molecular flexibility index (Phi) is 8.33. The number of likely N-dealkylation sites (N-methyl/N-ethyl adjacent to an activating group) is 1. The topological polar surface area (TPSA) is 133 Å². The summed E-state index contributed by atoms with van der Waals surface area (Å²) in [6.45, 7) is 5.37. The second kappa shape index (κ2) is 10.8. The Morgan fingerprint density at radius 1 is 1.17 bits per heavy atom. The largest absolute Gasteiger partial charge is 0.488 e. The molecule has 2 aromatic carbocycles. The van der Waals surface area contributed by atoms with E-state index in [1.54, 1.807) is 31.2 Å². The number of hydrogen-bond donors (Lipinski definition) is 2. The highest BCUT2D eigenvalue weighted by molar-refractivity contribution is 7.92. The van der Waals surface area contributed by atoms with Gasteiger partial charge in [0.1, 0.15) is 11.9 Å². The van der Waals surface area contributed by atoms with Gasteiger partial charge in [-0.2, -0.15) is 4.31 Å². The number of sulfonamides is 2. The number of fused-ring (bicyclic) bond motifs is 1. The standard InChI is InChI=1S/C24H33N3O7S2/c1-16-6-9-20(10-7-16)36(32,33)26(4)14-23-17(2)13-27(18(3)15-28)24(29)21-12-19(25-35(5,30)31)8-11-22(21)34-23/h6-12,17-18,23,25,28H,13-15H2,1-5H3/t17-,18-,23+/m0/s1. The number of carbonyl (C=O) groups is 1. The van der Waals surface area contributed by atoms with Crippen LogP contribution in [-0.4, -0.2) is 82.2 Å². The van der Waals surface area contributed by atoms with E-state index in [0.717, 1.165) is 11.8 Å². The van der Waals surface area contributed by atoms with E-state index in [2.05, 4.69) is 4.72 Å². The Bertz CT molecular complexity index is 1310. The first kappa shape index (κ1) is 27.9. The Morgan fingerprint density at radius 3 is 2.39 bits per heavy atom. The molecule has 3 atom stereocenters. The second-order valence-corrected chi connectivity index (χ2v) is 13.1. The minimum Gasteiger partial charge on any atom is -0.488 e. The van der Waals surface area contributed by atoms with E-state index < -0.39 is 38.1 Å². The summed E-state index contributed by atoms with van der Waals surface area (Å²) in [7, 11) is -5.90. The van der Waals surface area contributed by atoms with Crippen LogP contribution in [0.5, 0.6) is 5.75 Å². The van der Waals surface area contributed by atoms with Crippen LogP contribution < -0.4 is 9.46 Å². The van der Waals surface area contributed by atoms with Crippen molar-refractivity contribution < 1.29 is 31.5 Å². The molecule has 0 saturated carbocycles. The number of anilines is 1. The number of carbonyl (C=O) groups excluding carboxylic acids is 1. The summed E-state index contributed by atoms with van der Waals surface area (Å²) in [5.41, 5.74) is 1.25. The molecule has 12 heteroatoms. The van der Waals surface area contributed by atoms with Crippen LogP contribution >= 0.6 is 0 Å². The quantitative estimate of drug-likeness (QED) is 0.523. The zero-order chi connectivity index (χ0) is 26.8. The number of benzene rings is 2. The van der Waals surface area contributed by atoms with E-state index in [9.17, 15) is 26.7 Å². The van der Waals surface area contributed by atoms with E-state index >= 15 is 0 Å². The number of amides is 1. The van der Waals surface area contributed by atoms with Crippen molar-refractivity contribution in [3.05, 3.63) is 53.6 Å². The molecule has 3 rings (SSSR count). The van der Waals surface area contributed by atoms with E-state index in [-0.39, 0.29) is 47.5 Å². The molecular weight excluding hydrogens is 506 g/mol. The van der Waals surface area contributed by atoms with E-state index in [1.807, 2.05) is 13.8 Å². The third-order valence-electron chi connectivity index (χ3n) is 6.13. The molecule has 0 aliphatic carbocycles. The van der Waals surface area contributed by atoms with Crippen molar-refractivity contribution in [2.45, 2.75) is 37.8 Å². The summed E-state index contributed by atoms with van der Waals surface area (Å²) in [5.74, 6) is -0.512. The maximum Gasteiger partial charge on any atom is 0.258 e. The van der Waals surface area contributed by atoms with Gasteiger partial charge in [0.15, 0.2) is 0 Å². The fourth-order valence-corrected chi connectivity index (χ4v) is 5.70. The number of hydrogen-bond acceptors (Lipinski definition) is 7. The van der Waals surface area contributed by atoms with Gasteiger partial charge < -0.3 is 14.7 Å². The SMILES string of the molecule is Cc1ccc(S(=O)(=O)N(C)C[C@H]2Oc3ccc(NS(C)(=O)=O)cc3C(=O)N([C@@H](C)CO)C[C@@H]2C)cc1. The van der Waals surface area contributed by atoms with Gasteiger partial charge >= 0.3 is 0 Å². The molecule has 0 unspecified atom stereocenters. The van der Waals surface area contributed by atoms with Crippen LogP contribution in [0.15, 0.2) is 47.4 Å². The summed E-state index contributed by atoms with van der Waals surface area (Å²) in [5, 5.41) is 9.77. The number of rotatable bonds is 8. The fourth-order valence-electron chi connectivity index (χ4n) is 3.96. The van der Waals surface area contributed by atoms with Crippen LogP contribution in [0.4, 0.5) is 5.69 Å². The first-order valence-corrected chi connectivity index (χ1v) is 14.8. The van der Waals surface area contributed by atoms with Crippen molar-refractivity contribution in [2.24, 2.45) is 5.92 Å². The average molecular weight is 540 g/mol. The highest BCUT2D eigenvalue weighted by Crippen LogP contribution is 2.31. The van der Waals surface area contributed by atoms with E-state index in [4.69, 9.17) is 4.74 Å². The molecule has 2 aromatic rings. The van der Waals surface area contributed by atoms with Crippen LogP contribution in [-0.2, 0) is 20.0 Å². The summed E-state index contributed by atoms with van der Waals surface area (Å²) in [6.07, 6.45) is 0.369. The van der Waals surface area contributed by atoms with Crippen molar-refractivity contribution in [1.29, 1.82) is 0 Å². The van der Waals surface area contributed by atoms with E-state index in [0.29, 0.717) is 0 Å². The Balaban J connectivity index is 1.99. The van der Waals surface area contributed by atoms with Gasteiger partial charge in [0.25, 0.3) is 5.91 Å². The Morgan fingerprint density at radius 2 is 1.81 bits per heavy atom. The van der Waals surface area contributed by atoms with Gasteiger partial charge in [-0.3, -0.25) is 9.52 Å². The molecule has 0 bridgehead atoms. The molecule has 198 valence electrons. The maximum atomic E-state index is 13.4. The third-order valence-corrected chi connectivity index (χ3v) is 8.58. The molecule has 0 spiro atoms. The molecule has 1 aliphatic heterocycles. The zero-order valence-electron chi connectivity index (χ0n) is 21.0. The summed E-state index contributed by atoms with van der Waals surface area (Å²) >= 11 is 0. The van der Waals surface area contributed by atoms with Gasteiger partial charge in [0.05, 0.1) is 35.9 Å². The minimum atomic E-state index is -3.79. The van der Waals surface area contributed by atoms with Gasteiger partial charge in [-0.05, 0) is 44.2 Å². The monoisotopic (exact) mass is 539 g/mol. The predicted octanol–water partition coefficient (Wildman–Crippen LogP) is 1.91. The molecule has 36 heavy (non-hydrogen) atoms. The molecule has 10 nitrogen and oxygen atoms in total. The molecule has 0 aromatic heterocycles. The van der Waals surface area contributed by atoms with Crippen LogP contribution in [0.25, 0.3) is 0 Å². The summed E-state index contributed by atoms with van der Waals surface area (Å²) in [4.78, 5) is 15.1. The number of nitrogens with zero attached hydrogens (tertiary/aromatic N) is 2. The molecular formula is C24H33N3O7S2. The maximum absolute atomic E-state index is 13.4. The molecule has 1 heterocycles. The van der Waals surface area contributed by atoms with Gasteiger partial charge in [0, 0.05) is 25.2 Å². The number of aliphatic hydroxyl groups excluding tert-OH is 1. The van der Waals surface area contributed by atoms with Crippen molar-refractivity contribution in [3.63, 3.8) is 0 Å². The molecule has 1 aliphatic rings. The second-order valence-electron chi connectivity index (χ2n) is 9.31. The average Bonchev–Trinajstić information content (AvgIpc) is 2.80. The van der Waals surface area contributed by atoms with Crippen molar-refractivity contribution >= 4 is 31.6 Å². The number of nitrogens with one attached hydrogen (secondary N) is 1. The van der Waals surface area contributed by atoms with Crippen LogP contribution in [0.1, 0.15) is 29.8 Å². The number of aryl methyl sites for hydroxylation is 1. The number of aliphatic hydroxyl groups is 1. The summed E-state index contributed by atoms with van der Waals surface area (Å²) in [6, 6.07) is 10.4. The van der Waals surface area contributed by atoms with Gasteiger partial charge in [-0.15, -0.1) is 0 Å². The smallest absolute Gasteiger partial charge is 0.258 e. The lowest BCUT2D eigenvalue weighted by Crippen LogP contribution is -2.50. The lowest BCUT2D eigenvalue weighted by molar-refractivity contribution is 0.0387. The third kappa shape index (κ3) is 6.36. The van der Waals surface area contributed by atoms with Crippen molar-refractivity contribution in [3.8, 4) is 5.75 Å². The normalized spacial score (nSPS) is 19.8. The van der Waals surface area contributed by atoms with Gasteiger partial charge in [-0.25, -0.2) is 16.8 Å². The molecule has 0 radical (unpaired) electrons. The van der Waals surface area contributed by atoms with Crippen molar-refractivity contribution in [1.82, 2.24) is 9.21 Å². The van der Waals surface area contributed by atoms with E-state index in [1.165, 1.54) is 34.5 Å². The Hall–Kier alpha value is -2.67. The molecule has 0 saturated heterocycles. The van der Waals surface area contributed by atoms with Crippen LogP contribution in [0.3, 0.4) is 0 Å². The van der Waals surface area contributed by atoms with Crippen LogP contribution in [0.2, 0.25) is 0 Å². The summed E-state index contributed by atoms with van der Waals surface area (Å²) < 4.78 is 59.5. The minimum absolute atomic E-state index is 0.00962. The fraction of sp³-hybridized carbons (Fsp3) is 0.458. The van der Waals surface area contributed by atoms with Crippen molar-refractivity contribution in [2.75, 3.05) is 37.7 Å². The Labute approximate surface area is 213 Å². The molecule has 1 amide bonds. The molecule has 2 N–H and O–H groups in total. The lowest BCUT2D eigenvalue weighted by atomic mass is 9.99. The first-order valence-electron chi connectivity index (χ1n) is 11.5. The van der Waals surface area contributed by atoms with Crippen LogP contribution in [0, 0.1) is 12.8 Å². The highest BCUT2D eigenvalue weighted by Gasteiger charge is 2.35.